The Morgan fingerprint density at radius 2 is 2.00 bits per heavy atom. The third kappa shape index (κ3) is 2.72. The minimum absolute atomic E-state index is 0.435. The summed E-state index contributed by atoms with van der Waals surface area (Å²) in [5.74, 6) is 0. The second-order valence-electron chi connectivity index (χ2n) is 2.62. The minimum Gasteiger partial charge on any atom is -0.248 e. The van der Waals surface area contributed by atoms with E-state index in [0.29, 0.717) is 18.5 Å². The fourth-order valence-electron chi connectivity index (χ4n) is 0.958. The molecule has 0 bridgehead atoms. The van der Waals surface area contributed by atoms with Gasteiger partial charge in [0, 0.05) is 5.69 Å². The number of nitrogens with zero attached hydrogens (tertiary/aromatic N) is 1. The first-order valence-corrected chi connectivity index (χ1v) is 3.86. The number of pyridine rings is 1. The van der Waals surface area contributed by atoms with Crippen LogP contribution in [-0.4, -0.2) is 4.98 Å². The Morgan fingerprint density at radius 3 is 2.54 bits per heavy atom. The summed E-state index contributed by atoms with van der Waals surface area (Å²) < 4.78 is 36.4. The molecule has 0 spiro atoms. The van der Waals surface area contributed by atoms with Gasteiger partial charge in [-0.1, -0.05) is 13.0 Å². The molecule has 1 aromatic heterocycles. The smallest absolute Gasteiger partial charge is 0.248 e. The van der Waals surface area contributed by atoms with Crippen molar-refractivity contribution >= 4 is 0 Å². The summed E-state index contributed by atoms with van der Waals surface area (Å²) in [6, 6.07) is 3.90. The van der Waals surface area contributed by atoms with Crippen LogP contribution in [0, 0.1) is 6.92 Å². The first-order chi connectivity index (χ1) is 6.04. The van der Waals surface area contributed by atoms with E-state index in [9.17, 15) is 13.2 Å². The number of alkyl halides is 3. The van der Waals surface area contributed by atoms with Gasteiger partial charge in [-0.2, -0.15) is 13.2 Å². The zero-order valence-corrected chi connectivity index (χ0v) is 6.93. The highest BCUT2D eigenvalue weighted by Gasteiger charge is 2.32. The van der Waals surface area contributed by atoms with Crippen LogP contribution < -0.4 is 0 Å². The Bertz CT molecular complexity index is 280. The third-order valence-corrected chi connectivity index (χ3v) is 1.53. The van der Waals surface area contributed by atoms with Gasteiger partial charge < -0.3 is 0 Å². The van der Waals surface area contributed by atoms with Gasteiger partial charge in [-0.05, 0) is 25.0 Å². The van der Waals surface area contributed by atoms with Crippen molar-refractivity contribution in [1.82, 2.24) is 4.98 Å². The predicted molar refractivity (Wildman–Crippen MR) is 42.9 cm³/mol. The largest absolute Gasteiger partial charge is 0.433 e. The molecule has 0 aliphatic heterocycles. The van der Waals surface area contributed by atoms with Crippen molar-refractivity contribution in [2.24, 2.45) is 0 Å². The number of rotatable bonds is 2. The second-order valence-corrected chi connectivity index (χ2v) is 2.62. The summed E-state index contributed by atoms with van der Waals surface area (Å²) in [5, 5.41) is 0. The van der Waals surface area contributed by atoms with Crippen LogP contribution in [0.4, 0.5) is 13.2 Å². The lowest BCUT2D eigenvalue weighted by molar-refractivity contribution is -0.141. The van der Waals surface area contributed by atoms with Gasteiger partial charge in [-0.3, -0.25) is 0 Å². The molecule has 0 saturated carbocycles. The molecule has 1 heterocycles. The van der Waals surface area contributed by atoms with Gasteiger partial charge in [0.15, 0.2) is 0 Å². The number of hydrogen-bond donors (Lipinski definition) is 0. The maximum Gasteiger partial charge on any atom is 0.433 e. The molecule has 71 valence electrons. The molecule has 0 unspecified atom stereocenters. The summed E-state index contributed by atoms with van der Waals surface area (Å²) in [6.45, 7) is 3.55. The quantitative estimate of drug-likeness (QED) is 0.695. The molecule has 13 heavy (non-hydrogen) atoms. The van der Waals surface area contributed by atoms with E-state index in [1.54, 1.807) is 6.07 Å². The lowest BCUT2D eigenvalue weighted by Crippen LogP contribution is -2.08. The zero-order chi connectivity index (χ0) is 9.90. The van der Waals surface area contributed by atoms with Gasteiger partial charge in [-0.15, -0.1) is 0 Å². The van der Waals surface area contributed by atoms with E-state index >= 15 is 0 Å². The van der Waals surface area contributed by atoms with Crippen LogP contribution in [0.1, 0.15) is 17.8 Å². The van der Waals surface area contributed by atoms with Crippen LogP contribution in [0.3, 0.4) is 0 Å². The molecule has 1 aromatic rings. The molecule has 4 heteroatoms. The molecule has 0 atom stereocenters. The Labute approximate surface area is 74.6 Å². The van der Waals surface area contributed by atoms with E-state index < -0.39 is 11.9 Å². The second kappa shape index (κ2) is 3.77. The van der Waals surface area contributed by atoms with E-state index in [0.717, 1.165) is 6.07 Å². The summed E-state index contributed by atoms with van der Waals surface area (Å²) in [4.78, 5) is 3.47. The van der Waals surface area contributed by atoms with E-state index in [2.05, 4.69) is 11.9 Å². The Morgan fingerprint density at radius 1 is 1.31 bits per heavy atom. The van der Waals surface area contributed by atoms with Crippen molar-refractivity contribution in [3.63, 3.8) is 0 Å². The summed E-state index contributed by atoms with van der Waals surface area (Å²) in [6.07, 6.45) is -3.32. The minimum atomic E-state index is -4.35. The van der Waals surface area contributed by atoms with E-state index in [-0.39, 0.29) is 0 Å². The average molecular weight is 188 g/mol. The van der Waals surface area contributed by atoms with Gasteiger partial charge in [0.05, 0.1) is 0 Å². The fraction of sp³-hybridized carbons (Fsp3) is 0.333. The lowest BCUT2D eigenvalue weighted by Gasteiger charge is -2.06. The van der Waals surface area contributed by atoms with Gasteiger partial charge in [0.1, 0.15) is 5.69 Å². The van der Waals surface area contributed by atoms with Gasteiger partial charge in [0.25, 0.3) is 0 Å². The molecule has 0 aromatic carbocycles. The van der Waals surface area contributed by atoms with Gasteiger partial charge >= 0.3 is 6.18 Å². The van der Waals surface area contributed by atoms with E-state index in [1.807, 2.05) is 0 Å². The molecule has 0 saturated heterocycles. The molecule has 1 nitrogen and oxygen atoms in total. The molecule has 0 N–H and O–H groups in total. The van der Waals surface area contributed by atoms with Crippen LogP contribution in [0.5, 0.6) is 0 Å². The van der Waals surface area contributed by atoms with Crippen molar-refractivity contribution in [1.29, 1.82) is 0 Å². The maximum atomic E-state index is 12.1. The fourth-order valence-corrected chi connectivity index (χ4v) is 0.958. The molecular weight excluding hydrogens is 179 g/mol. The van der Waals surface area contributed by atoms with Crippen molar-refractivity contribution < 1.29 is 13.2 Å². The number of halogens is 3. The van der Waals surface area contributed by atoms with E-state index in [1.165, 1.54) is 6.07 Å². The molecule has 0 aliphatic rings. The van der Waals surface area contributed by atoms with Crippen molar-refractivity contribution in [2.75, 3.05) is 0 Å². The molecule has 0 amide bonds. The highest BCUT2D eigenvalue weighted by atomic mass is 19.4. The molecule has 1 rings (SSSR count). The number of aryl methyl sites for hydroxylation is 1. The summed E-state index contributed by atoms with van der Waals surface area (Å²) in [7, 11) is 0. The van der Waals surface area contributed by atoms with Crippen LogP contribution >= 0.6 is 0 Å². The molecule has 0 fully saturated rings. The summed E-state index contributed by atoms with van der Waals surface area (Å²) in [5.41, 5.74) is -0.400. The third-order valence-electron chi connectivity index (χ3n) is 1.53. The number of aromatic nitrogens is 1. The molecule has 0 aliphatic carbocycles. The molecular formula is C9H9F3N. The zero-order valence-electron chi connectivity index (χ0n) is 6.93. The van der Waals surface area contributed by atoms with Gasteiger partial charge in [0.2, 0.25) is 0 Å². The topological polar surface area (TPSA) is 12.9 Å². The van der Waals surface area contributed by atoms with Crippen LogP contribution in [0.2, 0.25) is 0 Å². The van der Waals surface area contributed by atoms with Crippen LogP contribution in [0.15, 0.2) is 18.2 Å². The van der Waals surface area contributed by atoms with Crippen LogP contribution in [0.25, 0.3) is 0 Å². The first kappa shape index (κ1) is 10.0. The monoisotopic (exact) mass is 188 g/mol. The van der Waals surface area contributed by atoms with Gasteiger partial charge in [-0.25, -0.2) is 4.98 Å². The standard InChI is InChI=1S/C9H9F3N/c1-2-4-7-5-3-6-8(13-7)9(10,11)12/h3,5-6H,1-2,4H2. The SMILES string of the molecule is [CH2]CCc1cccc(C(F)(F)F)n1. The van der Waals surface area contributed by atoms with Crippen LogP contribution in [-0.2, 0) is 12.6 Å². The molecule has 1 radical (unpaired) electrons. The van der Waals surface area contributed by atoms with Crippen molar-refractivity contribution in [2.45, 2.75) is 19.0 Å². The number of hydrogen-bond acceptors (Lipinski definition) is 1. The summed E-state index contributed by atoms with van der Waals surface area (Å²) >= 11 is 0. The average Bonchev–Trinajstić information content (AvgIpc) is 2.04. The highest BCUT2D eigenvalue weighted by Crippen LogP contribution is 2.27. The van der Waals surface area contributed by atoms with Crippen molar-refractivity contribution in [3.8, 4) is 0 Å². The Hall–Kier alpha value is -1.06. The Balaban J connectivity index is 2.92. The lowest BCUT2D eigenvalue weighted by atomic mass is 10.2. The first-order valence-electron chi connectivity index (χ1n) is 3.86. The van der Waals surface area contributed by atoms with E-state index in [4.69, 9.17) is 0 Å². The maximum absolute atomic E-state index is 12.1. The Kier molecular flexibility index (Phi) is 2.90. The normalized spacial score (nSPS) is 11.7. The predicted octanol–water partition coefficient (Wildman–Crippen LogP) is 2.87. The highest BCUT2D eigenvalue weighted by molar-refractivity contribution is 5.13. The van der Waals surface area contributed by atoms with Crippen molar-refractivity contribution in [3.05, 3.63) is 36.5 Å².